The summed E-state index contributed by atoms with van der Waals surface area (Å²) in [6.45, 7) is 19.1. The number of pyridine rings is 1. The summed E-state index contributed by atoms with van der Waals surface area (Å²) in [7, 11) is 2.14. The first-order valence-electron chi connectivity index (χ1n) is 15.3. The molecule has 3 aliphatic rings. The Morgan fingerprint density at radius 3 is 2.86 bits per heavy atom. The summed E-state index contributed by atoms with van der Waals surface area (Å²) in [6, 6.07) is 6.48. The number of ether oxygens (including phenoxy) is 1. The van der Waals surface area contributed by atoms with E-state index in [9.17, 15) is 4.79 Å². The molecule has 0 spiro atoms. The normalized spacial score (nSPS) is 18.5. The first-order chi connectivity index (χ1) is 20.9. The Hall–Kier alpha value is -4.23. The SMILES string of the molecule is [C-]#[N+]C[C@H]1CN(c2nc(OCCN(C)CC3CC3)nc3c2CCN(c2cncc4cccc(C)c24)C3)CCN1C(=O)C=C. The van der Waals surface area contributed by atoms with Crippen LogP contribution in [0.4, 0.5) is 11.5 Å². The summed E-state index contributed by atoms with van der Waals surface area (Å²) < 4.78 is 6.21. The van der Waals surface area contributed by atoms with Gasteiger partial charge >= 0.3 is 6.01 Å². The van der Waals surface area contributed by atoms with Crippen molar-refractivity contribution in [3.63, 3.8) is 0 Å². The van der Waals surface area contributed by atoms with Crippen LogP contribution in [0.5, 0.6) is 6.01 Å². The number of rotatable bonds is 10. The first kappa shape index (κ1) is 28.9. The minimum atomic E-state index is -0.229. The van der Waals surface area contributed by atoms with Crippen molar-refractivity contribution in [3.8, 4) is 6.01 Å². The van der Waals surface area contributed by atoms with E-state index in [2.05, 4.69) is 63.3 Å². The van der Waals surface area contributed by atoms with Crippen molar-refractivity contribution < 1.29 is 9.53 Å². The van der Waals surface area contributed by atoms with Crippen LogP contribution in [0.25, 0.3) is 15.6 Å². The summed E-state index contributed by atoms with van der Waals surface area (Å²) >= 11 is 0. The second-order valence-corrected chi connectivity index (χ2v) is 12.0. The predicted octanol–water partition coefficient (Wildman–Crippen LogP) is 3.74. The Balaban J connectivity index is 1.30. The number of aryl methyl sites for hydroxylation is 1. The van der Waals surface area contributed by atoms with Gasteiger partial charge in [-0.3, -0.25) is 9.78 Å². The molecule has 6 rings (SSSR count). The summed E-state index contributed by atoms with van der Waals surface area (Å²) in [4.78, 5) is 39.3. The Morgan fingerprint density at radius 1 is 1.21 bits per heavy atom. The maximum atomic E-state index is 12.5. The third-order valence-electron chi connectivity index (χ3n) is 8.85. The number of benzene rings is 1. The predicted molar refractivity (Wildman–Crippen MR) is 168 cm³/mol. The van der Waals surface area contributed by atoms with Crippen LogP contribution in [0, 0.1) is 19.4 Å². The van der Waals surface area contributed by atoms with Gasteiger partial charge in [0.15, 0.2) is 0 Å². The average Bonchev–Trinajstić information content (AvgIpc) is 3.84. The van der Waals surface area contributed by atoms with Gasteiger partial charge < -0.3 is 29.2 Å². The lowest BCUT2D eigenvalue weighted by Gasteiger charge is -2.41. The monoisotopic (exact) mass is 580 g/mol. The molecule has 1 atom stereocenters. The molecule has 1 saturated heterocycles. The molecule has 2 aromatic heterocycles. The van der Waals surface area contributed by atoms with Crippen LogP contribution in [0.15, 0.2) is 43.2 Å². The van der Waals surface area contributed by atoms with Gasteiger partial charge in [0.1, 0.15) is 18.5 Å². The largest absolute Gasteiger partial charge is 0.462 e. The number of carbonyl (C=O) groups is 1. The number of hydrogen-bond acceptors (Lipinski definition) is 8. The molecule has 224 valence electrons. The third-order valence-corrected chi connectivity index (χ3v) is 8.85. The second-order valence-electron chi connectivity index (χ2n) is 12.0. The van der Waals surface area contributed by atoms with Gasteiger partial charge in [0.25, 0.3) is 0 Å². The molecular weight excluding hydrogens is 540 g/mol. The molecule has 0 unspecified atom stereocenters. The number of amides is 1. The van der Waals surface area contributed by atoms with Crippen molar-refractivity contribution >= 4 is 28.2 Å². The summed E-state index contributed by atoms with van der Waals surface area (Å²) in [6.07, 6.45) is 8.64. The number of nitrogens with zero attached hydrogens (tertiary/aromatic N) is 8. The highest BCUT2D eigenvalue weighted by molar-refractivity contribution is 5.96. The number of anilines is 2. The first-order valence-corrected chi connectivity index (χ1v) is 15.3. The molecule has 1 aliphatic carbocycles. The second kappa shape index (κ2) is 12.6. The van der Waals surface area contributed by atoms with Crippen LogP contribution >= 0.6 is 0 Å². The van der Waals surface area contributed by atoms with Gasteiger partial charge in [-0.15, -0.1) is 0 Å². The molecule has 2 aliphatic heterocycles. The van der Waals surface area contributed by atoms with Crippen molar-refractivity contribution in [2.45, 2.75) is 38.8 Å². The Bertz CT molecular complexity index is 1540. The number of aromatic nitrogens is 3. The van der Waals surface area contributed by atoms with Crippen LogP contribution in [0.3, 0.4) is 0 Å². The standard InChI is InChI=1S/C33H40N8O2/c1-5-30(42)41-14-13-40(21-26(41)18-34-3)32-27-11-12-39(29-19-35-17-25-8-6-7-23(2)31(25)29)22-28(27)36-33(37-32)43-16-15-38(4)20-24-9-10-24/h5-8,17,19,24,26H,1,9-16,18,20-22H2,2,4H3/t26-/m0/s1. The van der Waals surface area contributed by atoms with Gasteiger partial charge in [-0.05, 0) is 50.8 Å². The average molecular weight is 581 g/mol. The lowest BCUT2D eigenvalue weighted by molar-refractivity contribution is -0.128. The molecule has 10 heteroatoms. The zero-order chi connectivity index (χ0) is 29.9. The Labute approximate surface area is 253 Å². The molecule has 0 bridgehead atoms. The van der Waals surface area contributed by atoms with Crippen LogP contribution < -0.4 is 14.5 Å². The van der Waals surface area contributed by atoms with E-state index in [4.69, 9.17) is 21.3 Å². The topological polar surface area (TPSA) is 82.3 Å². The van der Waals surface area contributed by atoms with Gasteiger partial charge in [-0.25, -0.2) is 6.57 Å². The van der Waals surface area contributed by atoms with E-state index in [1.807, 2.05) is 12.4 Å². The van der Waals surface area contributed by atoms with Crippen LogP contribution in [-0.2, 0) is 17.8 Å². The highest BCUT2D eigenvalue weighted by atomic mass is 16.5. The zero-order valence-electron chi connectivity index (χ0n) is 25.2. The van der Waals surface area contributed by atoms with Crippen LogP contribution in [0.2, 0.25) is 0 Å². The molecule has 4 heterocycles. The van der Waals surface area contributed by atoms with E-state index in [1.165, 1.54) is 29.9 Å². The fourth-order valence-corrected chi connectivity index (χ4v) is 6.40. The molecule has 1 saturated carbocycles. The van der Waals surface area contributed by atoms with Crippen LogP contribution in [-0.4, -0.2) is 96.2 Å². The van der Waals surface area contributed by atoms with E-state index < -0.39 is 0 Å². The van der Waals surface area contributed by atoms with Gasteiger partial charge in [0.05, 0.1) is 24.1 Å². The van der Waals surface area contributed by atoms with E-state index in [1.54, 1.807) is 4.90 Å². The maximum Gasteiger partial charge on any atom is 0.318 e. The Morgan fingerprint density at radius 2 is 2.07 bits per heavy atom. The molecule has 0 radical (unpaired) electrons. The molecule has 3 aromatic rings. The number of piperazine rings is 1. The lowest BCUT2D eigenvalue weighted by Crippen LogP contribution is -2.56. The van der Waals surface area contributed by atoms with Gasteiger partial charge in [-0.2, -0.15) is 9.97 Å². The van der Waals surface area contributed by atoms with Gasteiger partial charge in [-0.1, -0.05) is 24.8 Å². The van der Waals surface area contributed by atoms with E-state index in [0.29, 0.717) is 38.8 Å². The number of likely N-dealkylation sites (N-methyl/N-ethyl adjacent to an activating group) is 1. The minimum absolute atomic E-state index is 0.132. The number of carbonyl (C=O) groups excluding carboxylic acids is 1. The molecule has 0 N–H and O–H groups in total. The maximum absolute atomic E-state index is 12.5. The van der Waals surface area contributed by atoms with E-state index in [-0.39, 0.29) is 18.5 Å². The molecule has 1 amide bonds. The summed E-state index contributed by atoms with van der Waals surface area (Å²) in [5.74, 6) is 1.55. The third kappa shape index (κ3) is 6.27. The van der Waals surface area contributed by atoms with E-state index in [0.717, 1.165) is 60.1 Å². The molecular formula is C33H40N8O2. The molecule has 2 fully saturated rings. The zero-order valence-corrected chi connectivity index (χ0v) is 25.2. The van der Waals surface area contributed by atoms with Crippen molar-refractivity contribution in [1.82, 2.24) is 24.8 Å². The van der Waals surface area contributed by atoms with Crippen molar-refractivity contribution in [3.05, 3.63) is 71.5 Å². The fourth-order valence-electron chi connectivity index (χ4n) is 6.40. The number of hydrogen-bond donors (Lipinski definition) is 0. The Kier molecular flexibility index (Phi) is 8.43. The van der Waals surface area contributed by atoms with Crippen molar-refractivity contribution in [2.24, 2.45) is 5.92 Å². The van der Waals surface area contributed by atoms with Crippen LogP contribution in [0.1, 0.15) is 29.7 Å². The molecule has 1 aromatic carbocycles. The lowest BCUT2D eigenvalue weighted by atomic mass is 10.0. The highest BCUT2D eigenvalue weighted by Gasteiger charge is 2.35. The fraction of sp³-hybridized carbons (Fsp3) is 0.485. The minimum Gasteiger partial charge on any atom is -0.462 e. The quantitative estimate of drug-likeness (QED) is 0.265. The number of fused-ring (bicyclic) bond motifs is 2. The van der Waals surface area contributed by atoms with E-state index >= 15 is 0 Å². The molecule has 10 nitrogen and oxygen atoms in total. The summed E-state index contributed by atoms with van der Waals surface area (Å²) in [5, 5.41) is 2.35. The highest BCUT2D eigenvalue weighted by Crippen LogP contribution is 2.35. The smallest absolute Gasteiger partial charge is 0.318 e. The molecule has 43 heavy (non-hydrogen) atoms. The van der Waals surface area contributed by atoms with Gasteiger partial charge in [0, 0.05) is 61.8 Å². The van der Waals surface area contributed by atoms with Crippen molar-refractivity contribution in [2.75, 3.05) is 69.3 Å². The van der Waals surface area contributed by atoms with Crippen molar-refractivity contribution in [1.29, 1.82) is 0 Å². The van der Waals surface area contributed by atoms with Gasteiger partial charge in [0.2, 0.25) is 12.5 Å². The summed E-state index contributed by atoms with van der Waals surface area (Å²) in [5.41, 5.74) is 4.40.